The van der Waals surface area contributed by atoms with Gasteiger partial charge < -0.3 is 5.32 Å². The fourth-order valence-electron chi connectivity index (χ4n) is 1.45. The average molecular weight is 297 g/mol. The Kier molecular flexibility index (Phi) is 5.28. The Balaban J connectivity index is 1.62. The molecule has 96 valence electrons. The van der Waals surface area contributed by atoms with Crippen LogP contribution in [0.25, 0.3) is 0 Å². The molecule has 0 spiro atoms. The Morgan fingerprint density at radius 2 is 2.28 bits per heavy atom. The van der Waals surface area contributed by atoms with E-state index in [4.69, 9.17) is 0 Å². The van der Waals surface area contributed by atoms with Gasteiger partial charge in [0.25, 0.3) is 5.91 Å². The maximum absolute atomic E-state index is 11.7. The number of thioether (sulfide) groups is 1. The lowest BCUT2D eigenvalue weighted by atomic mass is 10.4. The minimum Gasteiger partial charge on any atom is -0.351 e. The van der Waals surface area contributed by atoms with Gasteiger partial charge in [-0.2, -0.15) is 11.8 Å². The molecule has 0 aliphatic heterocycles. The smallest absolute Gasteiger partial charge is 0.261 e. The van der Waals surface area contributed by atoms with Gasteiger partial charge in [-0.1, -0.05) is 6.07 Å². The molecule has 0 aliphatic carbocycles. The van der Waals surface area contributed by atoms with Crippen molar-refractivity contribution in [3.8, 4) is 0 Å². The molecule has 18 heavy (non-hydrogen) atoms. The Morgan fingerprint density at radius 3 is 2.94 bits per heavy atom. The van der Waals surface area contributed by atoms with Crippen molar-refractivity contribution in [1.82, 2.24) is 5.32 Å². The number of hydrogen-bond donors (Lipinski definition) is 1. The van der Waals surface area contributed by atoms with Gasteiger partial charge in [0, 0.05) is 27.8 Å². The van der Waals surface area contributed by atoms with Crippen molar-refractivity contribution >= 4 is 40.3 Å². The quantitative estimate of drug-likeness (QED) is 0.822. The predicted molar refractivity (Wildman–Crippen MR) is 81.9 cm³/mol. The largest absolute Gasteiger partial charge is 0.351 e. The zero-order valence-corrected chi connectivity index (χ0v) is 12.6. The van der Waals surface area contributed by atoms with E-state index in [9.17, 15) is 4.79 Å². The van der Waals surface area contributed by atoms with Gasteiger partial charge in [-0.05, 0) is 30.5 Å². The van der Waals surface area contributed by atoms with Crippen molar-refractivity contribution < 1.29 is 4.79 Å². The maximum atomic E-state index is 11.7. The third kappa shape index (κ3) is 4.15. The summed E-state index contributed by atoms with van der Waals surface area (Å²) in [5.74, 6) is 2.03. The zero-order chi connectivity index (χ0) is 12.8. The minimum absolute atomic E-state index is 0.0461. The standard InChI is InChI=1S/C13H15NOS3/c1-10-4-5-12(18-10)13(15)14-6-8-16-9-11-3-2-7-17-11/h2-5,7H,6,8-9H2,1H3,(H,14,15). The monoisotopic (exact) mass is 297 g/mol. The first-order valence-corrected chi connectivity index (χ1v) is 8.55. The molecule has 2 nitrogen and oxygen atoms in total. The van der Waals surface area contributed by atoms with Crippen LogP contribution < -0.4 is 5.32 Å². The summed E-state index contributed by atoms with van der Waals surface area (Å²) in [6.07, 6.45) is 0. The highest BCUT2D eigenvalue weighted by Gasteiger charge is 2.06. The molecule has 1 amide bonds. The third-order valence-electron chi connectivity index (χ3n) is 2.32. The molecule has 2 heterocycles. The Morgan fingerprint density at radius 1 is 1.39 bits per heavy atom. The van der Waals surface area contributed by atoms with Crippen LogP contribution in [0.2, 0.25) is 0 Å². The highest BCUT2D eigenvalue weighted by molar-refractivity contribution is 7.98. The van der Waals surface area contributed by atoms with E-state index in [1.165, 1.54) is 9.75 Å². The second kappa shape index (κ2) is 6.97. The van der Waals surface area contributed by atoms with Gasteiger partial charge in [0.1, 0.15) is 0 Å². The zero-order valence-electron chi connectivity index (χ0n) is 10.1. The summed E-state index contributed by atoms with van der Waals surface area (Å²) in [6.45, 7) is 2.74. The van der Waals surface area contributed by atoms with Gasteiger partial charge in [0.05, 0.1) is 4.88 Å². The summed E-state index contributed by atoms with van der Waals surface area (Å²) in [4.78, 5) is 15.1. The predicted octanol–water partition coefficient (Wildman–Crippen LogP) is 3.78. The number of amides is 1. The molecular formula is C13H15NOS3. The summed E-state index contributed by atoms with van der Waals surface area (Å²) in [6, 6.07) is 8.07. The topological polar surface area (TPSA) is 29.1 Å². The van der Waals surface area contributed by atoms with Crippen molar-refractivity contribution in [2.75, 3.05) is 12.3 Å². The van der Waals surface area contributed by atoms with Crippen molar-refractivity contribution in [3.05, 3.63) is 44.3 Å². The molecule has 0 unspecified atom stereocenters. The summed E-state index contributed by atoms with van der Waals surface area (Å²) in [5, 5.41) is 5.04. The lowest BCUT2D eigenvalue weighted by Gasteiger charge is -2.02. The van der Waals surface area contributed by atoms with E-state index >= 15 is 0 Å². The molecule has 0 atom stereocenters. The molecule has 1 N–H and O–H groups in total. The van der Waals surface area contributed by atoms with Gasteiger partial charge in [-0.25, -0.2) is 0 Å². The number of carbonyl (C=O) groups excluding carboxylic acids is 1. The first kappa shape index (κ1) is 13.6. The number of rotatable bonds is 6. The highest BCUT2D eigenvalue weighted by Crippen LogP contribution is 2.17. The fraction of sp³-hybridized carbons (Fsp3) is 0.308. The molecule has 0 saturated carbocycles. The Labute approximate surface area is 119 Å². The van der Waals surface area contributed by atoms with Crippen LogP contribution in [0.3, 0.4) is 0 Å². The molecule has 5 heteroatoms. The summed E-state index contributed by atoms with van der Waals surface area (Å²) < 4.78 is 0. The van der Waals surface area contributed by atoms with Crippen LogP contribution in [0, 0.1) is 6.92 Å². The van der Waals surface area contributed by atoms with E-state index in [1.807, 2.05) is 30.8 Å². The van der Waals surface area contributed by atoms with E-state index in [1.54, 1.807) is 22.7 Å². The molecule has 2 aromatic heterocycles. The summed E-state index contributed by atoms with van der Waals surface area (Å²) in [7, 11) is 0. The van der Waals surface area contributed by atoms with Gasteiger partial charge in [0.15, 0.2) is 0 Å². The number of thiophene rings is 2. The van der Waals surface area contributed by atoms with Crippen LogP contribution in [0.4, 0.5) is 0 Å². The van der Waals surface area contributed by atoms with Crippen molar-refractivity contribution in [2.45, 2.75) is 12.7 Å². The average Bonchev–Trinajstić information content (AvgIpc) is 2.99. The van der Waals surface area contributed by atoms with Crippen molar-refractivity contribution in [3.63, 3.8) is 0 Å². The summed E-state index contributed by atoms with van der Waals surface area (Å²) >= 11 is 5.17. The molecule has 0 radical (unpaired) electrons. The maximum Gasteiger partial charge on any atom is 0.261 e. The number of aryl methyl sites for hydroxylation is 1. The second-order valence-corrected chi connectivity index (χ2v) is 7.22. The minimum atomic E-state index is 0.0461. The molecule has 0 aliphatic rings. The van der Waals surface area contributed by atoms with Crippen LogP contribution >= 0.6 is 34.4 Å². The normalized spacial score (nSPS) is 10.5. The first-order chi connectivity index (χ1) is 8.75. The second-order valence-electron chi connectivity index (χ2n) is 3.80. The number of nitrogens with one attached hydrogen (secondary N) is 1. The molecule has 2 aromatic rings. The van der Waals surface area contributed by atoms with Crippen LogP contribution in [-0.2, 0) is 5.75 Å². The van der Waals surface area contributed by atoms with Crippen LogP contribution in [0.15, 0.2) is 29.6 Å². The highest BCUT2D eigenvalue weighted by atomic mass is 32.2. The van der Waals surface area contributed by atoms with E-state index in [0.717, 1.165) is 22.9 Å². The van der Waals surface area contributed by atoms with Crippen LogP contribution in [0.5, 0.6) is 0 Å². The number of hydrogen-bond acceptors (Lipinski definition) is 4. The summed E-state index contributed by atoms with van der Waals surface area (Å²) in [5.41, 5.74) is 0. The third-order valence-corrected chi connectivity index (χ3v) is 5.39. The fourth-order valence-corrected chi connectivity index (χ4v) is 3.93. The van der Waals surface area contributed by atoms with Gasteiger partial charge in [-0.15, -0.1) is 22.7 Å². The van der Waals surface area contributed by atoms with E-state index in [-0.39, 0.29) is 5.91 Å². The Bertz CT molecular complexity index is 490. The molecule has 0 saturated heterocycles. The first-order valence-electron chi connectivity index (χ1n) is 5.70. The molecular weight excluding hydrogens is 282 g/mol. The van der Waals surface area contributed by atoms with Crippen LogP contribution in [0.1, 0.15) is 19.4 Å². The van der Waals surface area contributed by atoms with Gasteiger partial charge >= 0.3 is 0 Å². The van der Waals surface area contributed by atoms with Crippen LogP contribution in [-0.4, -0.2) is 18.2 Å². The van der Waals surface area contributed by atoms with E-state index < -0.39 is 0 Å². The van der Waals surface area contributed by atoms with Crippen molar-refractivity contribution in [1.29, 1.82) is 0 Å². The van der Waals surface area contributed by atoms with Gasteiger partial charge in [0.2, 0.25) is 0 Å². The molecule has 2 rings (SSSR count). The lowest BCUT2D eigenvalue weighted by molar-refractivity contribution is 0.0960. The van der Waals surface area contributed by atoms with E-state index in [2.05, 4.69) is 22.8 Å². The SMILES string of the molecule is Cc1ccc(C(=O)NCCSCc2cccs2)s1. The molecule has 0 bridgehead atoms. The van der Waals surface area contributed by atoms with Gasteiger partial charge in [-0.3, -0.25) is 4.79 Å². The van der Waals surface area contributed by atoms with Crippen molar-refractivity contribution in [2.24, 2.45) is 0 Å². The molecule has 0 aromatic carbocycles. The Hall–Kier alpha value is -0.780. The lowest BCUT2D eigenvalue weighted by Crippen LogP contribution is -2.24. The molecule has 0 fully saturated rings. The van der Waals surface area contributed by atoms with E-state index in [0.29, 0.717) is 0 Å². The number of carbonyl (C=O) groups is 1.